The SMILES string of the molecule is [N-]=[N+]=NC(COc1cccc(C(=O)NCCN)c1)OCCOCC(=O)[O-].[Na+]. The van der Waals surface area contributed by atoms with E-state index in [4.69, 9.17) is 25.5 Å². The molecule has 0 bridgehead atoms. The first-order chi connectivity index (χ1) is 12.6. The molecule has 0 spiro atoms. The van der Waals surface area contributed by atoms with Crippen molar-refractivity contribution in [3.05, 3.63) is 40.3 Å². The number of nitrogens with two attached hydrogens (primary N) is 1. The number of hydrogen-bond acceptors (Lipinski definition) is 8. The van der Waals surface area contributed by atoms with Gasteiger partial charge < -0.3 is 35.2 Å². The Hall–Kier alpha value is -1.85. The number of carboxylic acid groups (broad SMARTS) is 1. The number of nitrogens with zero attached hydrogens (tertiary/aromatic N) is 3. The van der Waals surface area contributed by atoms with Crippen LogP contribution in [0.25, 0.3) is 10.4 Å². The Labute approximate surface area is 178 Å². The Bertz CT molecular complexity index is 641. The van der Waals surface area contributed by atoms with Crippen molar-refractivity contribution in [3.8, 4) is 5.75 Å². The van der Waals surface area contributed by atoms with Crippen LogP contribution in [0.3, 0.4) is 0 Å². The fourth-order valence-electron chi connectivity index (χ4n) is 1.75. The zero-order chi connectivity index (χ0) is 19.2. The van der Waals surface area contributed by atoms with Gasteiger partial charge in [0.05, 0.1) is 25.8 Å². The van der Waals surface area contributed by atoms with E-state index in [0.717, 1.165) is 0 Å². The van der Waals surface area contributed by atoms with Crippen molar-refractivity contribution >= 4 is 11.9 Å². The first kappa shape index (κ1) is 25.1. The molecule has 11 nitrogen and oxygen atoms in total. The molecule has 1 unspecified atom stereocenters. The summed E-state index contributed by atoms with van der Waals surface area (Å²) in [7, 11) is 0. The molecule has 0 aromatic heterocycles. The molecular weight excluding hydrogens is 369 g/mol. The summed E-state index contributed by atoms with van der Waals surface area (Å²) in [6, 6.07) is 6.43. The fraction of sp³-hybridized carbons (Fsp3) is 0.467. The van der Waals surface area contributed by atoms with Gasteiger partial charge in [0.1, 0.15) is 12.4 Å². The number of carboxylic acids is 1. The topological polar surface area (TPSA) is 172 Å². The molecule has 0 aliphatic carbocycles. The number of carbonyl (C=O) groups is 2. The second kappa shape index (κ2) is 15.2. The number of benzene rings is 1. The van der Waals surface area contributed by atoms with Crippen LogP contribution in [0.5, 0.6) is 5.75 Å². The van der Waals surface area contributed by atoms with Crippen LogP contribution in [0.4, 0.5) is 0 Å². The second-order valence-corrected chi connectivity index (χ2v) is 4.84. The van der Waals surface area contributed by atoms with Crippen molar-refractivity contribution in [1.29, 1.82) is 0 Å². The third-order valence-electron chi connectivity index (χ3n) is 2.86. The van der Waals surface area contributed by atoms with E-state index in [1.807, 2.05) is 0 Å². The first-order valence-electron chi connectivity index (χ1n) is 7.71. The monoisotopic (exact) mass is 389 g/mol. The molecule has 0 heterocycles. The molecule has 0 fully saturated rings. The van der Waals surface area contributed by atoms with Gasteiger partial charge >= 0.3 is 29.6 Å². The number of aliphatic carboxylic acids is 1. The second-order valence-electron chi connectivity index (χ2n) is 4.84. The number of azide groups is 1. The predicted molar refractivity (Wildman–Crippen MR) is 88.0 cm³/mol. The Balaban J connectivity index is 0.00000676. The van der Waals surface area contributed by atoms with Crippen molar-refractivity contribution in [2.75, 3.05) is 39.5 Å². The van der Waals surface area contributed by atoms with Crippen LogP contribution in [0, 0.1) is 0 Å². The summed E-state index contributed by atoms with van der Waals surface area (Å²) in [4.78, 5) is 24.7. The van der Waals surface area contributed by atoms with Gasteiger partial charge in [0.15, 0.2) is 6.23 Å². The molecule has 1 atom stereocenters. The minimum atomic E-state index is -1.34. The summed E-state index contributed by atoms with van der Waals surface area (Å²) in [5, 5.41) is 16.3. The smallest absolute Gasteiger partial charge is 0.548 e. The normalized spacial score (nSPS) is 10.9. The van der Waals surface area contributed by atoms with Crippen LogP contribution < -0.4 is 50.5 Å². The summed E-state index contributed by atoms with van der Waals surface area (Å²) in [5.74, 6) is -1.23. The maximum atomic E-state index is 11.9. The Morgan fingerprint density at radius 2 is 2.15 bits per heavy atom. The predicted octanol–water partition coefficient (Wildman–Crippen LogP) is -3.82. The van der Waals surface area contributed by atoms with E-state index in [-0.39, 0.29) is 55.3 Å². The summed E-state index contributed by atoms with van der Waals surface area (Å²) >= 11 is 0. The summed E-state index contributed by atoms with van der Waals surface area (Å²) < 4.78 is 15.5. The van der Waals surface area contributed by atoms with Crippen molar-refractivity contribution in [2.45, 2.75) is 6.23 Å². The number of carbonyl (C=O) groups excluding carboxylic acids is 2. The van der Waals surface area contributed by atoms with Crippen molar-refractivity contribution < 1.29 is 58.5 Å². The zero-order valence-electron chi connectivity index (χ0n) is 15.0. The van der Waals surface area contributed by atoms with Gasteiger partial charge in [0.2, 0.25) is 0 Å². The van der Waals surface area contributed by atoms with Crippen LogP contribution >= 0.6 is 0 Å². The van der Waals surface area contributed by atoms with Gasteiger partial charge in [-0.3, -0.25) is 4.79 Å². The molecular formula is C15H20N5NaO6. The van der Waals surface area contributed by atoms with Crippen LogP contribution in [-0.2, 0) is 14.3 Å². The molecule has 1 amide bonds. The standard InChI is InChI=1S/C15H21N5O6.Na/c16-4-5-18-15(23)11-2-1-3-12(8-11)26-9-13(19-20-17)25-7-6-24-10-14(21)22;/h1-3,8,13H,4-7,9-10,16H2,(H,18,23)(H,21,22);/q;+1/p-1. The van der Waals surface area contributed by atoms with E-state index >= 15 is 0 Å². The Morgan fingerprint density at radius 3 is 2.81 bits per heavy atom. The average molecular weight is 389 g/mol. The van der Waals surface area contributed by atoms with E-state index in [1.165, 1.54) is 6.07 Å². The largest absolute Gasteiger partial charge is 1.00 e. The van der Waals surface area contributed by atoms with Gasteiger partial charge in [-0.1, -0.05) is 11.2 Å². The van der Waals surface area contributed by atoms with Crippen molar-refractivity contribution in [1.82, 2.24) is 5.32 Å². The van der Waals surface area contributed by atoms with E-state index in [9.17, 15) is 14.7 Å². The van der Waals surface area contributed by atoms with Crippen LogP contribution in [0.15, 0.2) is 29.4 Å². The number of hydrogen-bond donors (Lipinski definition) is 2. The fourth-order valence-corrected chi connectivity index (χ4v) is 1.75. The van der Waals surface area contributed by atoms with Crippen molar-refractivity contribution in [2.24, 2.45) is 10.8 Å². The number of rotatable bonds is 13. The van der Waals surface area contributed by atoms with E-state index in [1.54, 1.807) is 18.2 Å². The maximum absolute atomic E-state index is 11.9. The molecule has 1 aromatic rings. The summed E-state index contributed by atoms with van der Waals surface area (Å²) in [5.41, 5.74) is 14.3. The summed E-state index contributed by atoms with van der Waals surface area (Å²) in [6.07, 6.45) is -0.943. The molecule has 142 valence electrons. The molecule has 0 aliphatic rings. The molecule has 0 saturated heterocycles. The van der Waals surface area contributed by atoms with Gasteiger partial charge in [-0.2, -0.15) is 0 Å². The van der Waals surface area contributed by atoms with Crippen LogP contribution in [0.2, 0.25) is 0 Å². The maximum Gasteiger partial charge on any atom is 1.00 e. The quantitative estimate of drug-likeness (QED) is 0.114. The van der Waals surface area contributed by atoms with Gasteiger partial charge in [-0.05, 0) is 23.7 Å². The van der Waals surface area contributed by atoms with Crippen LogP contribution in [-0.4, -0.2) is 57.6 Å². The number of nitrogens with one attached hydrogen (secondary N) is 1. The number of ether oxygens (including phenoxy) is 3. The zero-order valence-corrected chi connectivity index (χ0v) is 17.0. The molecule has 3 N–H and O–H groups in total. The molecule has 0 saturated carbocycles. The van der Waals surface area contributed by atoms with Gasteiger partial charge in [0.25, 0.3) is 5.91 Å². The molecule has 1 aromatic carbocycles. The molecule has 1 rings (SSSR count). The number of amides is 1. The minimum absolute atomic E-state index is 0. The molecule has 27 heavy (non-hydrogen) atoms. The van der Waals surface area contributed by atoms with E-state index < -0.39 is 18.8 Å². The first-order valence-corrected chi connectivity index (χ1v) is 7.71. The molecule has 12 heteroatoms. The third-order valence-corrected chi connectivity index (χ3v) is 2.86. The Morgan fingerprint density at radius 1 is 1.37 bits per heavy atom. The van der Waals surface area contributed by atoms with Crippen LogP contribution in [0.1, 0.15) is 10.4 Å². The average Bonchev–Trinajstić information content (AvgIpc) is 2.63. The van der Waals surface area contributed by atoms with Gasteiger partial charge in [-0.25, -0.2) is 0 Å². The van der Waals surface area contributed by atoms with E-state index in [0.29, 0.717) is 24.4 Å². The summed E-state index contributed by atoms with van der Waals surface area (Å²) in [6.45, 7) is 0.0318. The van der Waals surface area contributed by atoms with Crippen molar-refractivity contribution in [3.63, 3.8) is 0 Å². The molecule has 0 aliphatic heterocycles. The minimum Gasteiger partial charge on any atom is -0.548 e. The van der Waals surface area contributed by atoms with Gasteiger partial charge in [0, 0.05) is 23.6 Å². The van der Waals surface area contributed by atoms with E-state index in [2.05, 4.69) is 15.3 Å². The third kappa shape index (κ3) is 11.5. The molecule has 0 radical (unpaired) electrons. The van der Waals surface area contributed by atoms with Gasteiger partial charge in [-0.15, -0.1) is 0 Å². The Kier molecular flexibility index (Phi) is 14.2.